The molecule has 0 spiro atoms. The van der Waals surface area contributed by atoms with Crippen molar-refractivity contribution in [2.75, 3.05) is 0 Å². The van der Waals surface area contributed by atoms with Crippen LogP contribution in [0.2, 0.25) is 0 Å². The van der Waals surface area contributed by atoms with Gasteiger partial charge in [-0.2, -0.15) is 0 Å². The second-order valence-corrected chi connectivity index (χ2v) is 5.46. The van der Waals surface area contributed by atoms with Crippen LogP contribution in [-0.4, -0.2) is 5.78 Å². The van der Waals surface area contributed by atoms with E-state index in [1.165, 1.54) is 12.0 Å². The maximum atomic E-state index is 11.0. The van der Waals surface area contributed by atoms with E-state index in [2.05, 4.69) is 39.8 Å². The van der Waals surface area contributed by atoms with Crippen LogP contribution in [0.5, 0.6) is 0 Å². The third-order valence-electron chi connectivity index (χ3n) is 4.10. The maximum Gasteiger partial charge on any atom is 0.152 e. The normalized spacial score (nSPS) is 30.3. The standard InChI is InChI=1S/C14H22O/c1-11-7-6-9-13(3,4)14(11,5)10-8-12(2)15/h7-8,10H,6,9H2,1-5H3. The van der Waals surface area contributed by atoms with E-state index in [9.17, 15) is 4.79 Å². The van der Waals surface area contributed by atoms with Gasteiger partial charge in [0, 0.05) is 5.41 Å². The van der Waals surface area contributed by atoms with Crippen LogP contribution in [0.15, 0.2) is 23.8 Å². The molecule has 0 radical (unpaired) electrons. The summed E-state index contributed by atoms with van der Waals surface area (Å²) in [4.78, 5) is 11.0. The lowest BCUT2D eigenvalue weighted by molar-refractivity contribution is -0.112. The molecule has 0 bridgehead atoms. The average molecular weight is 206 g/mol. The third kappa shape index (κ3) is 2.22. The van der Waals surface area contributed by atoms with Gasteiger partial charge in [0.15, 0.2) is 5.78 Å². The number of hydrogen-bond donors (Lipinski definition) is 0. The van der Waals surface area contributed by atoms with Gasteiger partial charge in [0.2, 0.25) is 0 Å². The molecule has 0 saturated heterocycles. The van der Waals surface area contributed by atoms with Crippen molar-refractivity contribution in [1.29, 1.82) is 0 Å². The van der Waals surface area contributed by atoms with Crippen LogP contribution in [0.1, 0.15) is 47.5 Å². The van der Waals surface area contributed by atoms with E-state index in [1.807, 2.05) is 0 Å². The third-order valence-corrected chi connectivity index (χ3v) is 4.10. The molecule has 0 heterocycles. The molecule has 1 nitrogen and oxygen atoms in total. The van der Waals surface area contributed by atoms with Gasteiger partial charge < -0.3 is 0 Å². The van der Waals surface area contributed by atoms with Crippen LogP contribution in [0.4, 0.5) is 0 Å². The van der Waals surface area contributed by atoms with Crippen molar-refractivity contribution in [3.8, 4) is 0 Å². The second-order valence-electron chi connectivity index (χ2n) is 5.46. The first-order valence-corrected chi connectivity index (χ1v) is 5.67. The SMILES string of the molecule is CC(=O)C=CC1(C)C(C)=CCCC1(C)C. The van der Waals surface area contributed by atoms with Crippen LogP contribution in [0, 0.1) is 10.8 Å². The minimum atomic E-state index is 0.0247. The summed E-state index contributed by atoms with van der Waals surface area (Å²) in [6, 6.07) is 0. The molecular formula is C14H22O. The first-order chi connectivity index (χ1) is 6.79. The Morgan fingerprint density at radius 3 is 2.47 bits per heavy atom. The van der Waals surface area contributed by atoms with Gasteiger partial charge in [0.1, 0.15) is 0 Å². The highest BCUT2D eigenvalue weighted by molar-refractivity contribution is 5.87. The molecule has 0 amide bonds. The van der Waals surface area contributed by atoms with Crippen LogP contribution >= 0.6 is 0 Å². The Bertz CT molecular complexity index is 320. The summed E-state index contributed by atoms with van der Waals surface area (Å²) in [5, 5.41) is 0. The second kappa shape index (κ2) is 3.96. The molecular weight excluding hydrogens is 184 g/mol. The minimum absolute atomic E-state index is 0.0247. The van der Waals surface area contributed by atoms with E-state index in [-0.39, 0.29) is 16.6 Å². The smallest absolute Gasteiger partial charge is 0.152 e. The largest absolute Gasteiger partial charge is 0.295 e. The summed E-state index contributed by atoms with van der Waals surface area (Å²) in [5.41, 5.74) is 1.64. The van der Waals surface area contributed by atoms with E-state index in [4.69, 9.17) is 0 Å². The average Bonchev–Trinajstić information content (AvgIpc) is 2.11. The van der Waals surface area contributed by atoms with E-state index in [0.29, 0.717) is 0 Å². The Kier molecular flexibility index (Phi) is 3.22. The zero-order chi connectivity index (χ0) is 11.7. The quantitative estimate of drug-likeness (QED) is 0.494. The van der Waals surface area contributed by atoms with Crippen molar-refractivity contribution in [2.45, 2.75) is 47.5 Å². The number of carbonyl (C=O) groups is 1. The lowest BCUT2D eigenvalue weighted by Gasteiger charge is -2.46. The van der Waals surface area contributed by atoms with E-state index < -0.39 is 0 Å². The van der Waals surface area contributed by atoms with Gasteiger partial charge in [-0.25, -0.2) is 0 Å². The molecule has 1 rings (SSSR count). The summed E-state index contributed by atoms with van der Waals surface area (Å²) < 4.78 is 0. The highest BCUT2D eigenvalue weighted by atomic mass is 16.1. The van der Waals surface area contributed by atoms with Crippen molar-refractivity contribution in [3.63, 3.8) is 0 Å². The maximum absolute atomic E-state index is 11.0. The Labute approximate surface area is 93.3 Å². The molecule has 0 fully saturated rings. The number of ketones is 1. The topological polar surface area (TPSA) is 17.1 Å². The van der Waals surface area contributed by atoms with Gasteiger partial charge in [0.25, 0.3) is 0 Å². The predicted molar refractivity (Wildman–Crippen MR) is 64.7 cm³/mol. The fourth-order valence-electron chi connectivity index (χ4n) is 2.30. The van der Waals surface area contributed by atoms with Gasteiger partial charge in [-0.3, -0.25) is 4.79 Å². The zero-order valence-electron chi connectivity index (χ0n) is 10.6. The molecule has 1 unspecified atom stereocenters. The van der Waals surface area contributed by atoms with E-state index in [1.54, 1.807) is 13.0 Å². The molecule has 84 valence electrons. The molecule has 0 aliphatic heterocycles. The molecule has 0 aromatic rings. The summed E-state index contributed by atoms with van der Waals surface area (Å²) >= 11 is 0. The van der Waals surface area contributed by atoms with Crippen molar-refractivity contribution in [3.05, 3.63) is 23.8 Å². The molecule has 0 aromatic heterocycles. The Morgan fingerprint density at radius 1 is 1.40 bits per heavy atom. The van der Waals surface area contributed by atoms with Crippen LogP contribution in [0.3, 0.4) is 0 Å². The summed E-state index contributed by atoms with van der Waals surface area (Å²) in [5.74, 6) is 0.130. The summed E-state index contributed by atoms with van der Waals surface area (Å²) in [7, 11) is 0. The fraction of sp³-hybridized carbons (Fsp3) is 0.643. The summed E-state index contributed by atoms with van der Waals surface area (Å²) in [6.07, 6.45) is 8.44. The first-order valence-electron chi connectivity index (χ1n) is 5.67. The molecule has 0 aromatic carbocycles. The van der Waals surface area contributed by atoms with Crippen LogP contribution < -0.4 is 0 Å². The van der Waals surface area contributed by atoms with Gasteiger partial charge in [-0.15, -0.1) is 0 Å². The molecule has 1 atom stereocenters. The molecule has 1 aliphatic rings. The first kappa shape index (κ1) is 12.2. The van der Waals surface area contributed by atoms with Crippen LogP contribution in [-0.2, 0) is 4.79 Å². The Balaban J connectivity index is 3.10. The number of hydrogen-bond acceptors (Lipinski definition) is 1. The summed E-state index contributed by atoms with van der Waals surface area (Å²) in [6.45, 7) is 10.6. The fourth-order valence-corrected chi connectivity index (χ4v) is 2.30. The van der Waals surface area contributed by atoms with E-state index in [0.717, 1.165) is 6.42 Å². The molecule has 0 N–H and O–H groups in total. The van der Waals surface area contributed by atoms with Crippen LogP contribution in [0.25, 0.3) is 0 Å². The monoisotopic (exact) mass is 206 g/mol. The number of allylic oxidation sites excluding steroid dienone is 4. The van der Waals surface area contributed by atoms with Crippen molar-refractivity contribution < 1.29 is 4.79 Å². The highest BCUT2D eigenvalue weighted by Crippen LogP contribution is 2.51. The van der Waals surface area contributed by atoms with Crippen molar-refractivity contribution in [1.82, 2.24) is 0 Å². The lowest BCUT2D eigenvalue weighted by Crippen LogP contribution is -2.37. The molecule has 1 heteroatoms. The van der Waals surface area contributed by atoms with Gasteiger partial charge in [-0.1, -0.05) is 38.5 Å². The van der Waals surface area contributed by atoms with Gasteiger partial charge in [-0.05, 0) is 38.2 Å². The highest BCUT2D eigenvalue weighted by Gasteiger charge is 2.41. The van der Waals surface area contributed by atoms with Gasteiger partial charge in [0.05, 0.1) is 0 Å². The Hall–Kier alpha value is -0.850. The van der Waals surface area contributed by atoms with Gasteiger partial charge >= 0.3 is 0 Å². The lowest BCUT2D eigenvalue weighted by atomic mass is 9.58. The number of rotatable bonds is 2. The van der Waals surface area contributed by atoms with Crippen molar-refractivity contribution >= 4 is 5.78 Å². The predicted octanol–water partition coefficient (Wildman–Crippen LogP) is 3.90. The zero-order valence-corrected chi connectivity index (χ0v) is 10.6. The molecule has 0 saturated carbocycles. The molecule has 1 aliphatic carbocycles. The van der Waals surface area contributed by atoms with E-state index >= 15 is 0 Å². The van der Waals surface area contributed by atoms with Crippen molar-refractivity contribution in [2.24, 2.45) is 10.8 Å². The Morgan fingerprint density at radius 2 is 2.00 bits per heavy atom. The molecule has 15 heavy (non-hydrogen) atoms. The number of carbonyl (C=O) groups excluding carboxylic acids is 1. The minimum Gasteiger partial charge on any atom is -0.295 e.